The number of nitrogens with zero attached hydrogens (tertiary/aromatic N) is 3. The van der Waals surface area contributed by atoms with Crippen LogP contribution in [0.1, 0.15) is 31.0 Å². The summed E-state index contributed by atoms with van der Waals surface area (Å²) in [7, 11) is 0. The third kappa shape index (κ3) is 3.90. The number of benzene rings is 3. The number of nitrogens with one attached hydrogen (secondary N) is 1. The molecule has 0 bridgehead atoms. The van der Waals surface area contributed by atoms with Gasteiger partial charge in [-0.15, -0.1) is 0 Å². The monoisotopic (exact) mass is 484 g/mol. The summed E-state index contributed by atoms with van der Waals surface area (Å²) in [6.07, 6.45) is 0. The Morgan fingerprint density at radius 1 is 1.00 bits per heavy atom. The summed E-state index contributed by atoms with van der Waals surface area (Å²) in [6, 6.07) is 19.1. The summed E-state index contributed by atoms with van der Waals surface area (Å²) in [4.78, 5) is 37.8. The summed E-state index contributed by atoms with van der Waals surface area (Å²) in [6.45, 7) is 5.79. The minimum absolute atomic E-state index is 0.0809. The molecule has 2 heterocycles. The molecule has 0 saturated carbocycles. The fraction of sp³-hybridized carbons (Fsp3) is 0.179. The average molecular weight is 485 g/mol. The number of hydrogen-bond donors (Lipinski definition) is 2. The minimum atomic E-state index is -0.929. The molecule has 0 spiro atoms. The Hall–Kier alpha value is -4.46. The number of aliphatic hydroxyl groups excluding tert-OH is 1. The van der Waals surface area contributed by atoms with E-state index in [0.29, 0.717) is 16.6 Å². The van der Waals surface area contributed by atoms with Gasteiger partial charge in [0.05, 0.1) is 22.6 Å². The Bertz CT molecular complexity index is 1440. The van der Waals surface area contributed by atoms with Crippen molar-refractivity contribution in [3.63, 3.8) is 0 Å². The van der Waals surface area contributed by atoms with E-state index < -0.39 is 23.5 Å². The molecule has 1 unspecified atom stereocenters. The molecule has 1 aliphatic heterocycles. The SMILES string of the molecule is CCN(CC)c1ccc(C2/C(=C(\O)c3ccc(F)cc3)C(=O)C(=O)N2c2nc3ccccc3[nH]2)cc1. The van der Waals surface area contributed by atoms with Gasteiger partial charge in [0.25, 0.3) is 5.78 Å². The smallest absolute Gasteiger partial charge is 0.302 e. The molecule has 1 aliphatic rings. The molecule has 1 saturated heterocycles. The van der Waals surface area contributed by atoms with Crippen LogP contribution in [-0.4, -0.2) is 39.9 Å². The molecule has 1 fully saturated rings. The van der Waals surface area contributed by atoms with Gasteiger partial charge >= 0.3 is 5.91 Å². The largest absolute Gasteiger partial charge is 0.507 e. The number of Topliss-reactive ketones (excluding diaryl/α,β-unsaturated/α-hetero) is 1. The van der Waals surface area contributed by atoms with Crippen molar-refractivity contribution in [3.8, 4) is 0 Å². The summed E-state index contributed by atoms with van der Waals surface area (Å²) in [5.41, 5.74) is 3.15. The summed E-state index contributed by atoms with van der Waals surface area (Å²) in [5, 5.41) is 11.2. The van der Waals surface area contributed by atoms with Crippen molar-refractivity contribution in [1.29, 1.82) is 0 Å². The molecule has 1 atom stereocenters. The van der Waals surface area contributed by atoms with Crippen molar-refractivity contribution >= 4 is 40.1 Å². The van der Waals surface area contributed by atoms with Gasteiger partial charge < -0.3 is 15.0 Å². The van der Waals surface area contributed by atoms with Crippen LogP contribution in [0.4, 0.5) is 16.0 Å². The molecule has 5 rings (SSSR count). The highest BCUT2D eigenvalue weighted by molar-refractivity contribution is 6.51. The van der Waals surface area contributed by atoms with Gasteiger partial charge in [-0.05, 0) is 67.9 Å². The number of para-hydroxylation sites is 2. The molecule has 0 radical (unpaired) electrons. The van der Waals surface area contributed by atoms with Gasteiger partial charge in [0, 0.05) is 24.3 Å². The van der Waals surface area contributed by atoms with E-state index >= 15 is 0 Å². The van der Waals surface area contributed by atoms with Crippen molar-refractivity contribution in [3.05, 3.63) is 95.3 Å². The third-order valence-corrected chi connectivity index (χ3v) is 6.50. The van der Waals surface area contributed by atoms with E-state index in [-0.39, 0.29) is 22.8 Å². The standard InChI is InChI=1S/C28H25FN4O3/c1-3-32(4-2)20-15-11-17(12-16-20)24-23(25(34)18-9-13-19(29)14-10-18)26(35)27(36)33(24)28-30-21-7-5-6-8-22(21)31-28/h5-16,24,34H,3-4H2,1-2H3,(H,30,31)/b25-23+. The van der Waals surface area contributed by atoms with Crippen LogP contribution >= 0.6 is 0 Å². The quantitative estimate of drug-likeness (QED) is 0.224. The van der Waals surface area contributed by atoms with E-state index in [0.717, 1.165) is 18.8 Å². The normalized spacial score (nSPS) is 17.2. The van der Waals surface area contributed by atoms with Gasteiger partial charge in [-0.2, -0.15) is 0 Å². The Balaban J connectivity index is 1.69. The number of aliphatic hydroxyl groups is 1. The lowest BCUT2D eigenvalue weighted by atomic mass is 9.95. The zero-order chi connectivity index (χ0) is 25.4. The third-order valence-electron chi connectivity index (χ3n) is 6.50. The highest BCUT2D eigenvalue weighted by Crippen LogP contribution is 2.42. The Labute approximate surface area is 207 Å². The van der Waals surface area contributed by atoms with E-state index in [1.807, 2.05) is 42.5 Å². The van der Waals surface area contributed by atoms with E-state index in [9.17, 15) is 19.1 Å². The summed E-state index contributed by atoms with van der Waals surface area (Å²) >= 11 is 0. The van der Waals surface area contributed by atoms with E-state index in [1.54, 1.807) is 6.07 Å². The predicted molar refractivity (Wildman–Crippen MR) is 137 cm³/mol. The number of carbonyl (C=O) groups excluding carboxylic acids is 2. The number of anilines is 2. The van der Waals surface area contributed by atoms with Crippen LogP contribution in [0.5, 0.6) is 0 Å². The topological polar surface area (TPSA) is 89.5 Å². The Kier molecular flexibility index (Phi) is 6.01. The first-order valence-corrected chi connectivity index (χ1v) is 11.8. The first-order valence-electron chi connectivity index (χ1n) is 11.8. The Morgan fingerprint density at radius 2 is 1.67 bits per heavy atom. The molecular formula is C28H25FN4O3. The minimum Gasteiger partial charge on any atom is -0.507 e. The van der Waals surface area contributed by atoms with Crippen molar-refractivity contribution in [1.82, 2.24) is 9.97 Å². The van der Waals surface area contributed by atoms with Crippen LogP contribution < -0.4 is 9.80 Å². The van der Waals surface area contributed by atoms with Gasteiger partial charge in [-0.25, -0.2) is 9.37 Å². The van der Waals surface area contributed by atoms with Crippen LogP contribution in [0, 0.1) is 5.82 Å². The lowest BCUT2D eigenvalue weighted by Crippen LogP contribution is -2.30. The number of H-pyrrole nitrogens is 1. The highest BCUT2D eigenvalue weighted by atomic mass is 19.1. The van der Waals surface area contributed by atoms with Crippen molar-refractivity contribution in [2.75, 3.05) is 22.9 Å². The number of hydrogen-bond acceptors (Lipinski definition) is 5. The van der Waals surface area contributed by atoms with Gasteiger partial charge in [0.2, 0.25) is 5.95 Å². The van der Waals surface area contributed by atoms with Gasteiger partial charge in [0.15, 0.2) is 0 Å². The number of aromatic amines is 1. The second-order valence-corrected chi connectivity index (χ2v) is 8.52. The summed E-state index contributed by atoms with van der Waals surface area (Å²) < 4.78 is 13.5. The molecule has 8 heteroatoms. The number of rotatable bonds is 6. The molecule has 4 aromatic rings. The lowest BCUT2D eigenvalue weighted by Gasteiger charge is -2.25. The second kappa shape index (κ2) is 9.30. The maximum Gasteiger partial charge on any atom is 0.302 e. The lowest BCUT2D eigenvalue weighted by molar-refractivity contribution is -0.132. The molecular weight excluding hydrogens is 459 g/mol. The molecule has 36 heavy (non-hydrogen) atoms. The number of halogens is 1. The van der Waals surface area contributed by atoms with Crippen LogP contribution in [-0.2, 0) is 9.59 Å². The van der Waals surface area contributed by atoms with Crippen LogP contribution in [0.3, 0.4) is 0 Å². The number of fused-ring (bicyclic) bond motifs is 1. The van der Waals surface area contributed by atoms with E-state index in [1.165, 1.54) is 29.2 Å². The van der Waals surface area contributed by atoms with Crippen molar-refractivity contribution in [2.24, 2.45) is 0 Å². The molecule has 3 aromatic carbocycles. The fourth-order valence-electron chi connectivity index (χ4n) is 4.64. The van der Waals surface area contributed by atoms with Gasteiger partial charge in [0.1, 0.15) is 11.6 Å². The Morgan fingerprint density at radius 3 is 2.31 bits per heavy atom. The van der Waals surface area contributed by atoms with Crippen molar-refractivity contribution in [2.45, 2.75) is 19.9 Å². The van der Waals surface area contributed by atoms with E-state index in [2.05, 4.69) is 28.7 Å². The van der Waals surface area contributed by atoms with Crippen LogP contribution in [0.15, 0.2) is 78.4 Å². The second-order valence-electron chi connectivity index (χ2n) is 8.52. The highest BCUT2D eigenvalue weighted by Gasteiger charge is 2.48. The molecule has 7 nitrogen and oxygen atoms in total. The average Bonchev–Trinajstić information content (AvgIpc) is 3.43. The number of amides is 1. The maximum atomic E-state index is 13.5. The molecule has 182 valence electrons. The molecule has 1 amide bonds. The number of imidazole rings is 1. The molecule has 1 aromatic heterocycles. The first kappa shape index (κ1) is 23.3. The van der Waals surface area contributed by atoms with Crippen LogP contribution in [0.25, 0.3) is 16.8 Å². The van der Waals surface area contributed by atoms with Gasteiger partial charge in [-0.3, -0.25) is 14.5 Å². The fourth-order valence-corrected chi connectivity index (χ4v) is 4.64. The predicted octanol–water partition coefficient (Wildman–Crippen LogP) is 5.17. The van der Waals surface area contributed by atoms with Gasteiger partial charge in [-0.1, -0.05) is 24.3 Å². The maximum absolute atomic E-state index is 13.5. The zero-order valence-electron chi connectivity index (χ0n) is 19.9. The summed E-state index contributed by atoms with van der Waals surface area (Å²) in [5.74, 6) is -2.29. The number of aromatic nitrogens is 2. The molecule has 2 N–H and O–H groups in total. The molecule has 0 aliphatic carbocycles. The number of ketones is 1. The van der Waals surface area contributed by atoms with Crippen molar-refractivity contribution < 1.29 is 19.1 Å². The van der Waals surface area contributed by atoms with E-state index in [4.69, 9.17) is 0 Å². The first-order chi connectivity index (χ1) is 17.4. The number of carbonyl (C=O) groups is 2. The zero-order valence-corrected chi connectivity index (χ0v) is 19.9. The van der Waals surface area contributed by atoms with Crippen LogP contribution in [0.2, 0.25) is 0 Å².